The van der Waals surface area contributed by atoms with Gasteiger partial charge >= 0.3 is 0 Å². The number of piperazine rings is 1. The minimum absolute atomic E-state index is 0.867. The van der Waals surface area contributed by atoms with Crippen molar-refractivity contribution in [3.8, 4) is 0 Å². The minimum atomic E-state index is 0.867. The summed E-state index contributed by atoms with van der Waals surface area (Å²) in [5.74, 6) is 1.89. The van der Waals surface area contributed by atoms with Crippen molar-refractivity contribution in [2.45, 2.75) is 45.6 Å². The summed E-state index contributed by atoms with van der Waals surface area (Å²) < 4.78 is 0. The topological polar surface area (TPSA) is 15.3 Å². The first-order valence-corrected chi connectivity index (χ1v) is 6.72. The van der Waals surface area contributed by atoms with Crippen LogP contribution in [0, 0.1) is 11.8 Å². The maximum Gasteiger partial charge on any atom is 0.0249 e. The lowest BCUT2D eigenvalue weighted by atomic mass is 10.1. The lowest BCUT2D eigenvalue weighted by Gasteiger charge is -2.36. The van der Waals surface area contributed by atoms with Crippen LogP contribution in [-0.4, -0.2) is 37.1 Å². The molecule has 0 aromatic carbocycles. The molecule has 15 heavy (non-hydrogen) atoms. The van der Waals surface area contributed by atoms with E-state index < -0.39 is 0 Å². The van der Waals surface area contributed by atoms with E-state index in [1.807, 2.05) is 0 Å². The fourth-order valence-electron chi connectivity index (χ4n) is 2.69. The van der Waals surface area contributed by atoms with Crippen LogP contribution in [0.25, 0.3) is 0 Å². The molecule has 88 valence electrons. The Morgan fingerprint density at radius 1 is 1.33 bits per heavy atom. The van der Waals surface area contributed by atoms with Gasteiger partial charge in [-0.1, -0.05) is 13.8 Å². The van der Waals surface area contributed by atoms with Crippen LogP contribution >= 0.6 is 0 Å². The number of nitrogens with one attached hydrogen (secondary N) is 1. The predicted octanol–water partition coefficient (Wildman–Crippen LogP) is 2.11. The first kappa shape index (κ1) is 11.4. The van der Waals surface area contributed by atoms with Gasteiger partial charge in [-0.15, -0.1) is 0 Å². The third kappa shape index (κ3) is 3.46. The van der Waals surface area contributed by atoms with Gasteiger partial charge in [0.15, 0.2) is 0 Å². The molecule has 2 nitrogen and oxygen atoms in total. The number of hydrogen-bond acceptors (Lipinski definition) is 2. The van der Waals surface area contributed by atoms with Gasteiger partial charge in [-0.3, -0.25) is 4.90 Å². The van der Waals surface area contributed by atoms with E-state index in [1.54, 1.807) is 0 Å². The molecule has 1 aliphatic carbocycles. The summed E-state index contributed by atoms with van der Waals surface area (Å²) in [6.07, 6.45) is 5.74. The number of nitrogens with zero attached hydrogens (tertiary/aromatic N) is 1. The molecule has 2 heteroatoms. The molecule has 2 rings (SSSR count). The maximum absolute atomic E-state index is 3.54. The van der Waals surface area contributed by atoms with Crippen LogP contribution in [0.1, 0.15) is 39.5 Å². The highest BCUT2D eigenvalue weighted by Gasteiger charge is 2.35. The highest BCUT2D eigenvalue weighted by molar-refractivity contribution is 4.92. The first-order chi connectivity index (χ1) is 7.27. The van der Waals surface area contributed by atoms with Gasteiger partial charge in [0.2, 0.25) is 0 Å². The molecule has 0 bridgehead atoms. The van der Waals surface area contributed by atoms with Gasteiger partial charge in [0.05, 0.1) is 0 Å². The number of rotatable bonds is 5. The number of hydrogen-bond donors (Lipinski definition) is 1. The van der Waals surface area contributed by atoms with E-state index in [4.69, 9.17) is 0 Å². The van der Waals surface area contributed by atoms with E-state index in [9.17, 15) is 0 Å². The highest BCUT2D eigenvalue weighted by atomic mass is 15.2. The fourth-order valence-corrected chi connectivity index (χ4v) is 2.69. The Morgan fingerprint density at radius 2 is 2.13 bits per heavy atom. The van der Waals surface area contributed by atoms with Crippen molar-refractivity contribution in [1.29, 1.82) is 0 Å². The predicted molar refractivity (Wildman–Crippen MR) is 65.0 cm³/mol. The summed E-state index contributed by atoms with van der Waals surface area (Å²) >= 11 is 0. The molecule has 2 fully saturated rings. The van der Waals surface area contributed by atoms with Gasteiger partial charge in [-0.25, -0.2) is 0 Å². The van der Waals surface area contributed by atoms with Gasteiger partial charge in [0.25, 0.3) is 0 Å². The molecule has 1 aliphatic heterocycles. The SMILES string of the molecule is CC(C)CCCN1CCNCC1C1CC1. The van der Waals surface area contributed by atoms with E-state index in [0.717, 1.165) is 17.9 Å². The van der Waals surface area contributed by atoms with Crippen molar-refractivity contribution in [1.82, 2.24) is 10.2 Å². The van der Waals surface area contributed by atoms with Crippen molar-refractivity contribution >= 4 is 0 Å². The zero-order valence-electron chi connectivity index (χ0n) is 10.3. The molecular weight excluding hydrogens is 184 g/mol. The molecule has 0 aromatic heterocycles. The normalized spacial score (nSPS) is 28.6. The zero-order chi connectivity index (χ0) is 10.7. The van der Waals surface area contributed by atoms with Crippen LogP contribution < -0.4 is 5.32 Å². The average Bonchev–Trinajstić information content (AvgIpc) is 3.01. The summed E-state index contributed by atoms with van der Waals surface area (Å²) in [5, 5.41) is 3.54. The molecule has 0 aromatic rings. The molecule has 1 N–H and O–H groups in total. The third-order valence-electron chi connectivity index (χ3n) is 3.79. The van der Waals surface area contributed by atoms with Gasteiger partial charge in [0.1, 0.15) is 0 Å². The monoisotopic (exact) mass is 210 g/mol. The summed E-state index contributed by atoms with van der Waals surface area (Å²) in [6, 6.07) is 0.867. The molecule has 1 atom stereocenters. The van der Waals surface area contributed by atoms with Crippen LogP contribution in [0.5, 0.6) is 0 Å². The summed E-state index contributed by atoms with van der Waals surface area (Å²) in [4.78, 5) is 2.75. The van der Waals surface area contributed by atoms with Crippen LogP contribution in [-0.2, 0) is 0 Å². The smallest absolute Gasteiger partial charge is 0.0249 e. The van der Waals surface area contributed by atoms with Crippen molar-refractivity contribution < 1.29 is 0 Å². The molecular formula is C13H26N2. The van der Waals surface area contributed by atoms with E-state index in [2.05, 4.69) is 24.1 Å². The van der Waals surface area contributed by atoms with E-state index in [0.29, 0.717) is 0 Å². The minimum Gasteiger partial charge on any atom is -0.314 e. The molecule has 1 saturated carbocycles. The molecule has 1 unspecified atom stereocenters. The Bertz CT molecular complexity index is 187. The lowest BCUT2D eigenvalue weighted by molar-refractivity contribution is 0.139. The lowest BCUT2D eigenvalue weighted by Crippen LogP contribution is -2.52. The van der Waals surface area contributed by atoms with Crippen molar-refractivity contribution in [3.63, 3.8) is 0 Å². The van der Waals surface area contributed by atoms with Gasteiger partial charge in [-0.2, -0.15) is 0 Å². The summed E-state index contributed by atoms with van der Waals surface area (Å²) in [5.41, 5.74) is 0. The molecule has 0 radical (unpaired) electrons. The van der Waals surface area contributed by atoms with Gasteiger partial charge < -0.3 is 5.32 Å². The molecule has 1 heterocycles. The van der Waals surface area contributed by atoms with E-state index >= 15 is 0 Å². The van der Waals surface area contributed by atoms with Gasteiger partial charge in [-0.05, 0) is 44.1 Å². The molecule has 1 saturated heterocycles. The van der Waals surface area contributed by atoms with Crippen molar-refractivity contribution in [2.24, 2.45) is 11.8 Å². The Hall–Kier alpha value is -0.0800. The van der Waals surface area contributed by atoms with E-state index in [-0.39, 0.29) is 0 Å². The van der Waals surface area contributed by atoms with Gasteiger partial charge in [0, 0.05) is 25.7 Å². The largest absolute Gasteiger partial charge is 0.314 e. The van der Waals surface area contributed by atoms with Crippen molar-refractivity contribution in [3.05, 3.63) is 0 Å². The Morgan fingerprint density at radius 3 is 2.80 bits per heavy atom. The van der Waals surface area contributed by atoms with Crippen LogP contribution in [0.3, 0.4) is 0 Å². The fraction of sp³-hybridized carbons (Fsp3) is 1.00. The average molecular weight is 210 g/mol. The van der Waals surface area contributed by atoms with Crippen LogP contribution in [0.4, 0.5) is 0 Å². The quantitative estimate of drug-likeness (QED) is 0.747. The first-order valence-electron chi connectivity index (χ1n) is 6.72. The van der Waals surface area contributed by atoms with Crippen LogP contribution in [0.2, 0.25) is 0 Å². The third-order valence-corrected chi connectivity index (χ3v) is 3.79. The van der Waals surface area contributed by atoms with E-state index in [1.165, 1.54) is 51.9 Å². The maximum atomic E-state index is 3.54. The Kier molecular flexibility index (Phi) is 4.04. The molecule has 0 amide bonds. The Labute approximate surface area is 94.4 Å². The van der Waals surface area contributed by atoms with Crippen LogP contribution in [0.15, 0.2) is 0 Å². The molecule has 2 aliphatic rings. The summed E-state index contributed by atoms with van der Waals surface area (Å²) in [6.45, 7) is 9.71. The standard InChI is InChI=1S/C13H26N2/c1-11(2)4-3-8-15-9-7-14-10-13(15)12-5-6-12/h11-14H,3-10H2,1-2H3. The van der Waals surface area contributed by atoms with Crippen molar-refractivity contribution in [2.75, 3.05) is 26.2 Å². The second kappa shape index (κ2) is 5.31. The summed E-state index contributed by atoms with van der Waals surface area (Å²) in [7, 11) is 0. The Balaban J connectivity index is 1.72. The molecule has 0 spiro atoms. The second-order valence-corrected chi connectivity index (χ2v) is 5.68. The highest BCUT2D eigenvalue weighted by Crippen LogP contribution is 2.35. The second-order valence-electron chi connectivity index (χ2n) is 5.68. The zero-order valence-corrected chi connectivity index (χ0v) is 10.3.